The number of nitrogens with one attached hydrogen (secondary N) is 2. The minimum absolute atomic E-state index is 0.147. The fraction of sp³-hybridized carbons (Fsp3) is 0.188. The van der Waals surface area contributed by atoms with E-state index in [0.717, 1.165) is 5.69 Å². The largest absolute Gasteiger partial charge is 0.358 e. The number of aromatic nitrogens is 4. The second kappa shape index (κ2) is 6.95. The molecular formula is C16H16N6O3. The lowest BCUT2D eigenvalue weighted by Gasteiger charge is -2.07. The Morgan fingerprint density at radius 1 is 1.16 bits per heavy atom. The van der Waals surface area contributed by atoms with Crippen molar-refractivity contribution in [2.24, 2.45) is 0 Å². The SMILES string of the molecule is CNC(=O)CNC(=O)Cn1cnc2c(cnn2-c2ccccc2)c1=O. The number of carbonyl (C=O) groups excluding carboxylic acids is 2. The number of rotatable bonds is 5. The van der Waals surface area contributed by atoms with E-state index in [4.69, 9.17) is 0 Å². The van der Waals surface area contributed by atoms with Crippen LogP contribution in [0.4, 0.5) is 0 Å². The average molecular weight is 340 g/mol. The minimum atomic E-state index is -0.456. The first-order valence-corrected chi connectivity index (χ1v) is 7.56. The molecule has 0 saturated heterocycles. The van der Waals surface area contributed by atoms with E-state index in [-0.39, 0.29) is 24.6 Å². The normalized spacial score (nSPS) is 10.6. The molecule has 0 aliphatic carbocycles. The van der Waals surface area contributed by atoms with Crippen LogP contribution in [0.2, 0.25) is 0 Å². The van der Waals surface area contributed by atoms with E-state index in [1.807, 2.05) is 30.3 Å². The third kappa shape index (κ3) is 3.39. The molecule has 0 fully saturated rings. The summed E-state index contributed by atoms with van der Waals surface area (Å²) in [6.07, 6.45) is 2.72. The lowest BCUT2D eigenvalue weighted by atomic mass is 10.3. The molecule has 3 rings (SSSR count). The molecule has 0 atom stereocenters. The first-order valence-electron chi connectivity index (χ1n) is 7.56. The van der Waals surface area contributed by atoms with Gasteiger partial charge in [0.2, 0.25) is 11.8 Å². The third-order valence-electron chi connectivity index (χ3n) is 3.59. The third-order valence-corrected chi connectivity index (χ3v) is 3.59. The van der Waals surface area contributed by atoms with Crippen molar-refractivity contribution in [2.45, 2.75) is 6.54 Å². The van der Waals surface area contributed by atoms with Gasteiger partial charge in [0, 0.05) is 7.05 Å². The van der Waals surface area contributed by atoms with Gasteiger partial charge >= 0.3 is 0 Å². The smallest absolute Gasteiger partial charge is 0.264 e. The van der Waals surface area contributed by atoms with E-state index in [2.05, 4.69) is 20.7 Å². The number of para-hydroxylation sites is 1. The molecule has 2 N–H and O–H groups in total. The van der Waals surface area contributed by atoms with E-state index in [1.165, 1.54) is 24.1 Å². The Morgan fingerprint density at radius 3 is 2.64 bits per heavy atom. The van der Waals surface area contributed by atoms with Crippen molar-refractivity contribution >= 4 is 22.8 Å². The molecule has 0 spiro atoms. The molecule has 2 heterocycles. The summed E-state index contributed by atoms with van der Waals surface area (Å²) in [5.41, 5.74) is 0.825. The Labute approximate surface area is 142 Å². The van der Waals surface area contributed by atoms with E-state index >= 15 is 0 Å². The molecule has 0 bridgehead atoms. The summed E-state index contributed by atoms with van der Waals surface area (Å²) in [5.74, 6) is -0.777. The highest BCUT2D eigenvalue weighted by atomic mass is 16.2. The van der Waals surface area contributed by atoms with Gasteiger partial charge in [-0.15, -0.1) is 0 Å². The quantitative estimate of drug-likeness (QED) is 0.647. The van der Waals surface area contributed by atoms with Crippen LogP contribution in [0.5, 0.6) is 0 Å². The van der Waals surface area contributed by atoms with Crippen molar-refractivity contribution in [3.05, 3.63) is 53.2 Å². The molecule has 2 aromatic heterocycles. The first kappa shape index (κ1) is 16.4. The van der Waals surface area contributed by atoms with Crippen molar-refractivity contribution < 1.29 is 9.59 Å². The topological polar surface area (TPSA) is 111 Å². The van der Waals surface area contributed by atoms with Crippen LogP contribution >= 0.6 is 0 Å². The van der Waals surface area contributed by atoms with Gasteiger partial charge in [0.05, 0.1) is 18.4 Å². The number of fused-ring (bicyclic) bond motifs is 1. The van der Waals surface area contributed by atoms with Gasteiger partial charge in [-0.25, -0.2) is 9.67 Å². The lowest BCUT2D eigenvalue weighted by molar-refractivity contribution is -0.126. The number of hydrogen-bond acceptors (Lipinski definition) is 5. The molecule has 25 heavy (non-hydrogen) atoms. The summed E-state index contributed by atoms with van der Waals surface area (Å²) in [6, 6.07) is 9.31. The Hall–Kier alpha value is -3.49. The Kier molecular flexibility index (Phi) is 4.55. The summed E-state index contributed by atoms with van der Waals surface area (Å²) >= 11 is 0. The van der Waals surface area contributed by atoms with Crippen molar-refractivity contribution in [3.8, 4) is 5.69 Å². The van der Waals surface area contributed by atoms with Gasteiger partial charge in [0.1, 0.15) is 18.3 Å². The maximum atomic E-state index is 12.5. The fourth-order valence-corrected chi connectivity index (χ4v) is 2.30. The summed E-state index contributed by atoms with van der Waals surface area (Å²) < 4.78 is 2.74. The zero-order chi connectivity index (χ0) is 17.8. The molecule has 9 nitrogen and oxygen atoms in total. The molecule has 2 amide bonds. The summed E-state index contributed by atoms with van der Waals surface area (Å²) in [7, 11) is 1.47. The van der Waals surface area contributed by atoms with Gasteiger partial charge in [0.15, 0.2) is 5.65 Å². The van der Waals surface area contributed by atoms with Gasteiger partial charge in [-0.3, -0.25) is 19.0 Å². The summed E-state index contributed by atoms with van der Waals surface area (Å²) in [5, 5.41) is 9.34. The van der Waals surface area contributed by atoms with Gasteiger partial charge in [-0.1, -0.05) is 18.2 Å². The Bertz CT molecular complexity index is 976. The first-order chi connectivity index (χ1) is 12.1. The zero-order valence-electron chi connectivity index (χ0n) is 13.5. The van der Waals surface area contributed by atoms with Gasteiger partial charge < -0.3 is 10.6 Å². The highest BCUT2D eigenvalue weighted by molar-refractivity contribution is 5.84. The second-order valence-corrected chi connectivity index (χ2v) is 5.26. The number of nitrogens with zero attached hydrogens (tertiary/aromatic N) is 4. The van der Waals surface area contributed by atoms with Crippen molar-refractivity contribution in [2.75, 3.05) is 13.6 Å². The zero-order valence-corrected chi connectivity index (χ0v) is 13.5. The van der Waals surface area contributed by atoms with Crippen LogP contribution in [0, 0.1) is 0 Å². The van der Waals surface area contributed by atoms with Crippen LogP contribution in [-0.2, 0) is 16.1 Å². The fourth-order valence-electron chi connectivity index (χ4n) is 2.30. The molecule has 128 valence electrons. The van der Waals surface area contributed by atoms with Gasteiger partial charge in [0.25, 0.3) is 5.56 Å². The van der Waals surface area contributed by atoms with Gasteiger partial charge in [-0.05, 0) is 12.1 Å². The number of likely N-dealkylation sites (N-methyl/N-ethyl adjacent to an activating group) is 1. The summed E-state index contributed by atoms with van der Waals surface area (Å²) in [6.45, 7) is -0.374. The Morgan fingerprint density at radius 2 is 1.92 bits per heavy atom. The standard InChI is InChI=1S/C16H16N6O3/c1-17-13(23)8-18-14(24)9-21-10-19-15-12(16(21)25)7-20-22(15)11-5-3-2-4-6-11/h2-7,10H,8-9H2,1H3,(H,17,23)(H,18,24). The predicted octanol–water partition coefficient (Wildman–Crippen LogP) is -0.556. The van der Waals surface area contributed by atoms with E-state index in [0.29, 0.717) is 11.0 Å². The molecule has 0 radical (unpaired) electrons. The molecule has 3 aromatic rings. The molecule has 0 aliphatic rings. The van der Waals surface area contributed by atoms with Crippen LogP contribution in [0.3, 0.4) is 0 Å². The van der Waals surface area contributed by atoms with Crippen LogP contribution in [0.1, 0.15) is 0 Å². The van der Waals surface area contributed by atoms with E-state index in [1.54, 1.807) is 4.68 Å². The molecule has 0 aliphatic heterocycles. The molecule has 0 saturated carbocycles. The number of benzene rings is 1. The van der Waals surface area contributed by atoms with E-state index in [9.17, 15) is 14.4 Å². The van der Waals surface area contributed by atoms with Gasteiger partial charge in [-0.2, -0.15) is 5.10 Å². The van der Waals surface area contributed by atoms with Crippen LogP contribution in [0.25, 0.3) is 16.7 Å². The van der Waals surface area contributed by atoms with Crippen molar-refractivity contribution in [1.82, 2.24) is 30.0 Å². The van der Waals surface area contributed by atoms with Crippen LogP contribution < -0.4 is 16.2 Å². The molecule has 1 aromatic carbocycles. The van der Waals surface area contributed by atoms with Crippen LogP contribution in [0.15, 0.2) is 47.7 Å². The highest BCUT2D eigenvalue weighted by Crippen LogP contribution is 2.12. The minimum Gasteiger partial charge on any atom is -0.358 e. The lowest BCUT2D eigenvalue weighted by Crippen LogP contribution is -2.38. The van der Waals surface area contributed by atoms with Crippen molar-refractivity contribution in [3.63, 3.8) is 0 Å². The average Bonchev–Trinajstić information content (AvgIpc) is 3.07. The summed E-state index contributed by atoms with van der Waals surface area (Å²) in [4.78, 5) is 39.7. The highest BCUT2D eigenvalue weighted by Gasteiger charge is 2.13. The molecular weight excluding hydrogens is 324 g/mol. The maximum absolute atomic E-state index is 12.5. The monoisotopic (exact) mass is 340 g/mol. The molecule has 9 heteroatoms. The van der Waals surface area contributed by atoms with Crippen molar-refractivity contribution in [1.29, 1.82) is 0 Å². The van der Waals surface area contributed by atoms with E-state index < -0.39 is 5.91 Å². The number of hydrogen-bond donors (Lipinski definition) is 2. The number of carbonyl (C=O) groups is 2. The molecule has 0 unspecified atom stereocenters. The Balaban J connectivity index is 1.85. The predicted molar refractivity (Wildman–Crippen MR) is 90.2 cm³/mol. The second-order valence-electron chi connectivity index (χ2n) is 5.26. The number of amides is 2. The maximum Gasteiger partial charge on any atom is 0.264 e. The van der Waals surface area contributed by atoms with Crippen LogP contribution in [-0.4, -0.2) is 44.7 Å².